The number of nitrogens with one attached hydrogen (secondary N) is 3. The fraction of sp³-hybridized carbons (Fsp3) is 0.167. The maximum Gasteiger partial charge on any atom is 0.319 e. The Morgan fingerprint density at radius 1 is 1.56 bits per heavy atom. The minimum atomic E-state index is -0.324. The molecule has 1 aliphatic heterocycles. The number of amides is 3. The highest BCUT2D eigenvalue weighted by atomic mass is 16.5. The number of carbonyl (C=O) groups is 2. The van der Waals surface area contributed by atoms with Crippen molar-refractivity contribution in [3.8, 4) is 5.75 Å². The fourth-order valence-electron chi connectivity index (χ4n) is 1.49. The Hall–Kier alpha value is -2.50. The molecule has 1 aromatic carbocycles. The molecule has 0 fully saturated rings. The van der Waals surface area contributed by atoms with Crippen LogP contribution in [0, 0.1) is 0 Å². The Morgan fingerprint density at radius 2 is 2.39 bits per heavy atom. The minimum absolute atomic E-state index is 0.0148. The van der Waals surface area contributed by atoms with E-state index in [-0.39, 0.29) is 18.5 Å². The second kappa shape index (κ2) is 5.22. The van der Waals surface area contributed by atoms with E-state index in [2.05, 4.69) is 22.5 Å². The summed E-state index contributed by atoms with van der Waals surface area (Å²) >= 11 is 0. The molecule has 94 valence electrons. The Kier molecular flexibility index (Phi) is 3.47. The summed E-state index contributed by atoms with van der Waals surface area (Å²) in [5.41, 5.74) is 1.19. The standard InChI is InChI=1S/C12H13N3O3/c1-2-5-13-12(17)14-8-3-4-9-10(6-8)18-7-11(16)15-9/h2-4,6H,1,5,7H2,(H,15,16)(H2,13,14,17). The third-order valence-corrected chi connectivity index (χ3v) is 2.28. The van der Waals surface area contributed by atoms with Gasteiger partial charge in [-0.3, -0.25) is 4.79 Å². The SMILES string of the molecule is C=CCNC(=O)Nc1ccc2c(c1)OCC(=O)N2. The van der Waals surface area contributed by atoms with Gasteiger partial charge in [0.15, 0.2) is 6.61 Å². The number of hydrogen-bond acceptors (Lipinski definition) is 3. The normalized spacial score (nSPS) is 12.8. The van der Waals surface area contributed by atoms with Crippen LogP contribution in [0.3, 0.4) is 0 Å². The molecule has 0 atom stereocenters. The van der Waals surface area contributed by atoms with Gasteiger partial charge < -0.3 is 20.7 Å². The molecule has 0 saturated carbocycles. The van der Waals surface area contributed by atoms with Gasteiger partial charge in [0, 0.05) is 18.3 Å². The lowest BCUT2D eigenvalue weighted by Gasteiger charge is -2.18. The molecule has 0 aromatic heterocycles. The van der Waals surface area contributed by atoms with Gasteiger partial charge in [0.25, 0.3) is 5.91 Å². The van der Waals surface area contributed by atoms with Crippen molar-refractivity contribution >= 4 is 23.3 Å². The summed E-state index contributed by atoms with van der Waals surface area (Å²) in [6.45, 7) is 3.88. The van der Waals surface area contributed by atoms with E-state index in [1.54, 1.807) is 24.3 Å². The van der Waals surface area contributed by atoms with Gasteiger partial charge in [0.1, 0.15) is 5.75 Å². The van der Waals surface area contributed by atoms with Crippen LogP contribution in [0.4, 0.5) is 16.2 Å². The molecule has 0 spiro atoms. The number of benzene rings is 1. The van der Waals surface area contributed by atoms with E-state index in [1.165, 1.54) is 0 Å². The number of urea groups is 1. The molecule has 3 N–H and O–H groups in total. The average molecular weight is 247 g/mol. The van der Waals surface area contributed by atoms with Crippen LogP contribution in [0.1, 0.15) is 0 Å². The summed E-state index contributed by atoms with van der Waals surface area (Å²) < 4.78 is 5.24. The molecule has 6 nitrogen and oxygen atoms in total. The summed E-state index contributed by atoms with van der Waals surface area (Å²) in [5.74, 6) is 0.350. The monoisotopic (exact) mass is 247 g/mol. The van der Waals surface area contributed by atoms with Gasteiger partial charge in [-0.25, -0.2) is 4.79 Å². The van der Waals surface area contributed by atoms with E-state index >= 15 is 0 Å². The maximum absolute atomic E-state index is 11.4. The van der Waals surface area contributed by atoms with Crippen molar-refractivity contribution in [3.63, 3.8) is 0 Å². The van der Waals surface area contributed by atoms with Gasteiger partial charge in [0.2, 0.25) is 0 Å². The van der Waals surface area contributed by atoms with Crippen molar-refractivity contribution in [2.24, 2.45) is 0 Å². The second-order valence-electron chi connectivity index (χ2n) is 3.67. The molecule has 0 aliphatic carbocycles. The smallest absolute Gasteiger partial charge is 0.319 e. The van der Waals surface area contributed by atoms with E-state index in [1.807, 2.05) is 0 Å². The molecule has 2 rings (SSSR count). The third kappa shape index (κ3) is 2.79. The largest absolute Gasteiger partial charge is 0.482 e. The molecule has 3 amide bonds. The first-order valence-electron chi connectivity index (χ1n) is 5.41. The van der Waals surface area contributed by atoms with Crippen LogP contribution in [0.5, 0.6) is 5.75 Å². The first-order chi connectivity index (χ1) is 8.69. The molecule has 1 heterocycles. The van der Waals surface area contributed by atoms with Gasteiger partial charge in [-0.05, 0) is 12.1 Å². The van der Waals surface area contributed by atoms with Crippen LogP contribution < -0.4 is 20.7 Å². The van der Waals surface area contributed by atoms with E-state index in [9.17, 15) is 9.59 Å². The summed E-state index contributed by atoms with van der Waals surface area (Å²) in [6.07, 6.45) is 1.59. The Balaban J connectivity index is 2.05. The number of rotatable bonds is 3. The van der Waals surface area contributed by atoms with Crippen LogP contribution >= 0.6 is 0 Å². The fourth-order valence-corrected chi connectivity index (χ4v) is 1.49. The molecule has 18 heavy (non-hydrogen) atoms. The number of carbonyl (C=O) groups excluding carboxylic acids is 2. The molecular weight excluding hydrogens is 234 g/mol. The number of hydrogen-bond donors (Lipinski definition) is 3. The van der Waals surface area contributed by atoms with Crippen LogP contribution in [0.2, 0.25) is 0 Å². The highest BCUT2D eigenvalue weighted by Gasteiger charge is 2.16. The van der Waals surface area contributed by atoms with Crippen molar-refractivity contribution < 1.29 is 14.3 Å². The number of anilines is 2. The summed E-state index contributed by atoms with van der Waals surface area (Å²) in [4.78, 5) is 22.5. The number of fused-ring (bicyclic) bond motifs is 1. The van der Waals surface area contributed by atoms with Crippen molar-refractivity contribution in [2.45, 2.75) is 0 Å². The summed E-state index contributed by atoms with van der Waals surface area (Å²) in [6, 6.07) is 4.69. The lowest BCUT2D eigenvalue weighted by molar-refractivity contribution is -0.118. The summed E-state index contributed by atoms with van der Waals surface area (Å²) in [5, 5.41) is 7.91. The van der Waals surface area contributed by atoms with Gasteiger partial charge in [0.05, 0.1) is 5.69 Å². The second-order valence-corrected chi connectivity index (χ2v) is 3.67. The van der Waals surface area contributed by atoms with Crippen LogP contribution in [0.15, 0.2) is 30.9 Å². The third-order valence-electron chi connectivity index (χ3n) is 2.28. The van der Waals surface area contributed by atoms with Crippen LogP contribution in [-0.2, 0) is 4.79 Å². The van der Waals surface area contributed by atoms with E-state index in [0.717, 1.165) is 0 Å². The molecular formula is C12H13N3O3. The van der Waals surface area contributed by atoms with Crippen molar-refractivity contribution in [1.29, 1.82) is 0 Å². The average Bonchev–Trinajstić information content (AvgIpc) is 2.36. The highest BCUT2D eigenvalue weighted by Crippen LogP contribution is 2.30. The van der Waals surface area contributed by atoms with Crippen molar-refractivity contribution in [3.05, 3.63) is 30.9 Å². The highest BCUT2D eigenvalue weighted by molar-refractivity contribution is 5.96. The molecule has 0 radical (unpaired) electrons. The molecule has 6 heteroatoms. The molecule has 0 bridgehead atoms. The zero-order valence-electron chi connectivity index (χ0n) is 9.66. The van der Waals surface area contributed by atoms with E-state index in [4.69, 9.17) is 4.74 Å². The maximum atomic E-state index is 11.4. The first kappa shape index (κ1) is 12.0. The first-order valence-corrected chi connectivity index (χ1v) is 5.41. The molecule has 0 saturated heterocycles. The van der Waals surface area contributed by atoms with Gasteiger partial charge in [-0.1, -0.05) is 6.08 Å². The van der Waals surface area contributed by atoms with Crippen molar-refractivity contribution in [1.82, 2.24) is 5.32 Å². The zero-order chi connectivity index (χ0) is 13.0. The topological polar surface area (TPSA) is 79.5 Å². The van der Waals surface area contributed by atoms with Gasteiger partial charge >= 0.3 is 6.03 Å². The predicted molar refractivity (Wildman–Crippen MR) is 67.8 cm³/mol. The van der Waals surface area contributed by atoms with Crippen LogP contribution in [-0.4, -0.2) is 25.1 Å². The Morgan fingerprint density at radius 3 is 3.17 bits per heavy atom. The lowest BCUT2D eigenvalue weighted by Crippen LogP contribution is -2.29. The van der Waals surface area contributed by atoms with Gasteiger partial charge in [-0.15, -0.1) is 6.58 Å². The molecule has 1 aromatic rings. The Bertz CT molecular complexity index is 499. The summed E-state index contributed by atoms with van der Waals surface area (Å²) in [7, 11) is 0. The molecule has 1 aliphatic rings. The molecule has 0 unspecified atom stereocenters. The zero-order valence-corrected chi connectivity index (χ0v) is 9.66. The minimum Gasteiger partial charge on any atom is -0.482 e. The van der Waals surface area contributed by atoms with Crippen LogP contribution in [0.25, 0.3) is 0 Å². The predicted octanol–water partition coefficient (Wildman–Crippen LogP) is 1.32. The Labute approximate surface area is 104 Å². The quantitative estimate of drug-likeness (QED) is 0.705. The van der Waals surface area contributed by atoms with E-state index < -0.39 is 0 Å². The van der Waals surface area contributed by atoms with E-state index in [0.29, 0.717) is 23.7 Å². The lowest BCUT2D eigenvalue weighted by atomic mass is 10.2. The van der Waals surface area contributed by atoms with Crippen molar-refractivity contribution in [2.75, 3.05) is 23.8 Å². The number of ether oxygens (including phenoxy) is 1. The van der Waals surface area contributed by atoms with Gasteiger partial charge in [-0.2, -0.15) is 0 Å².